The summed E-state index contributed by atoms with van der Waals surface area (Å²) in [7, 11) is 1.61. The maximum atomic E-state index is 12.1. The van der Waals surface area contributed by atoms with Crippen molar-refractivity contribution in [2.75, 3.05) is 7.11 Å². The molecule has 144 valence electrons. The molecule has 0 bridgehead atoms. The molecule has 3 aromatic rings. The summed E-state index contributed by atoms with van der Waals surface area (Å²) in [6.45, 7) is 0.217. The summed E-state index contributed by atoms with van der Waals surface area (Å²) in [6.07, 6.45) is 0.273. The van der Waals surface area contributed by atoms with Crippen LogP contribution in [-0.2, 0) is 11.3 Å². The lowest BCUT2D eigenvalue weighted by atomic mass is 10.1. The average Bonchev–Trinajstić information content (AvgIpc) is 3.20. The second-order valence-electron chi connectivity index (χ2n) is 6.04. The third kappa shape index (κ3) is 5.26. The molecule has 0 fully saturated rings. The number of rotatable bonds is 8. The Kier molecular flexibility index (Phi) is 6.54. The predicted octanol–water partition coefficient (Wildman–Crippen LogP) is 3.52. The van der Waals surface area contributed by atoms with Crippen LogP contribution in [0.1, 0.15) is 29.0 Å². The minimum absolute atomic E-state index is 0.0656. The maximum absolute atomic E-state index is 12.1. The highest BCUT2D eigenvalue weighted by Gasteiger charge is 2.11. The van der Waals surface area contributed by atoms with Gasteiger partial charge in [0.25, 0.3) is 0 Å². The van der Waals surface area contributed by atoms with E-state index in [1.807, 2.05) is 24.3 Å². The molecule has 28 heavy (non-hydrogen) atoms. The molecule has 2 N–H and O–H groups in total. The van der Waals surface area contributed by atoms with Crippen LogP contribution in [0.4, 0.5) is 0 Å². The van der Waals surface area contributed by atoms with Crippen LogP contribution in [0.2, 0.25) is 0 Å². The van der Waals surface area contributed by atoms with Gasteiger partial charge in [-0.3, -0.25) is 14.7 Å². The number of aromatic amines is 1. The molecule has 0 saturated heterocycles. The molecule has 0 atom stereocenters. The van der Waals surface area contributed by atoms with E-state index in [0.29, 0.717) is 17.2 Å². The normalized spacial score (nSPS) is 10.5. The number of carbonyl (C=O) groups is 2. The van der Waals surface area contributed by atoms with Crippen molar-refractivity contribution in [2.45, 2.75) is 19.4 Å². The highest BCUT2D eigenvalue weighted by atomic mass is 79.9. The van der Waals surface area contributed by atoms with Gasteiger partial charge in [-0.2, -0.15) is 5.10 Å². The van der Waals surface area contributed by atoms with Gasteiger partial charge in [-0.25, -0.2) is 4.98 Å². The maximum Gasteiger partial charge on any atom is 0.220 e. The number of hydrogen-bond acceptors (Lipinski definition) is 5. The number of hydrogen-bond donors (Lipinski definition) is 2. The van der Waals surface area contributed by atoms with Gasteiger partial charge in [0.1, 0.15) is 11.6 Å². The molecule has 8 heteroatoms. The molecule has 0 unspecified atom stereocenters. The fourth-order valence-electron chi connectivity index (χ4n) is 2.52. The van der Waals surface area contributed by atoms with Crippen LogP contribution in [0.3, 0.4) is 0 Å². The summed E-state index contributed by atoms with van der Waals surface area (Å²) in [5, 5.41) is 9.71. The van der Waals surface area contributed by atoms with Crippen molar-refractivity contribution in [2.24, 2.45) is 0 Å². The van der Waals surface area contributed by atoms with Crippen molar-refractivity contribution in [1.29, 1.82) is 0 Å². The molecular formula is C20H19BrN4O3. The third-order valence-electron chi connectivity index (χ3n) is 4.08. The molecule has 0 aliphatic rings. The van der Waals surface area contributed by atoms with Crippen LogP contribution < -0.4 is 10.1 Å². The molecular weight excluding hydrogens is 424 g/mol. The fourth-order valence-corrected chi connectivity index (χ4v) is 2.79. The SMILES string of the molecule is COc1ccc(-c2n[nH]c(CNC(=O)CCC(=O)c3ccc(Br)cc3)n2)cc1. The number of ether oxygens (including phenoxy) is 1. The Morgan fingerprint density at radius 3 is 2.46 bits per heavy atom. The number of aromatic nitrogens is 3. The van der Waals surface area contributed by atoms with Gasteiger partial charge >= 0.3 is 0 Å². The minimum Gasteiger partial charge on any atom is -0.497 e. The van der Waals surface area contributed by atoms with Crippen LogP contribution in [0.15, 0.2) is 53.0 Å². The number of benzene rings is 2. The number of Topliss-reactive ketones (excluding diaryl/α,β-unsaturated/α-hetero) is 1. The third-order valence-corrected chi connectivity index (χ3v) is 4.61. The predicted molar refractivity (Wildman–Crippen MR) is 108 cm³/mol. The number of nitrogens with one attached hydrogen (secondary N) is 2. The first-order valence-corrected chi connectivity index (χ1v) is 9.45. The van der Waals surface area contributed by atoms with Gasteiger partial charge < -0.3 is 10.1 Å². The zero-order valence-corrected chi connectivity index (χ0v) is 16.8. The Bertz CT molecular complexity index is 952. The summed E-state index contributed by atoms with van der Waals surface area (Å²) < 4.78 is 6.03. The molecule has 2 aromatic carbocycles. The minimum atomic E-state index is -0.215. The highest BCUT2D eigenvalue weighted by Crippen LogP contribution is 2.19. The van der Waals surface area contributed by atoms with E-state index in [2.05, 4.69) is 36.4 Å². The number of halogens is 1. The van der Waals surface area contributed by atoms with Gasteiger partial charge in [0.05, 0.1) is 13.7 Å². The molecule has 1 amide bonds. The lowest BCUT2D eigenvalue weighted by molar-refractivity contribution is -0.121. The first kappa shape index (κ1) is 19.8. The zero-order chi connectivity index (χ0) is 19.9. The standard InChI is InChI=1S/C20H19BrN4O3/c1-28-16-8-4-14(5-9-16)20-23-18(24-25-20)12-22-19(27)11-10-17(26)13-2-6-15(21)7-3-13/h2-9H,10-12H2,1H3,(H,22,27)(H,23,24,25). The molecule has 0 spiro atoms. The highest BCUT2D eigenvalue weighted by molar-refractivity contribution is 9.10. The van der Waals surface area contributed by atoms with E-state index in [4.69, 9.17) is 4.74 Å². The molecule has 1 heterocycles. The van der Waals surface area contributed by atoms with Gasteiger partial charge in [0, 0.05) is 28.4 Å². The van der Waals surface area contributed by atoms with Gasteiger partial charge in [-0.15, -0.1) is 0 Å². The fraction of sp³-hybridized carbons (Fsp3) is 0.200. The van der Waals surface area contributed by atoms with Crippen molar-refractivity contribution >= 4 is 27.6 Å². The lowest BCUT2D eigenvalue weighted by Gasteiger charge is -2.03. The molecule has 0 aliphatic carbocycles. The molecule has 0 saturated carbocycles. The van der Waals surface area contributed by atoms with Crippen molar-refractivity contribution in [3.8, 4) is 17.1 Å². The quantitative estimate of drug-likeness (QED) is 0.520. The number of H-pyrrole nitrogens is 1. The van der Waals surface area contributed by atoms with E-state index in [1.54, 1.807) is 31.4 Å². The van der Waals surface area contributed by atoms with Crippen LogP contribution >= 0.6 is 15.9 Å². The molecule has 7 nitrogen and oxygen atoms in total. The van der Waals surface area contributed by atoms with Crippen LogP contribution in [0.5, 0.6) is 5.75 Å². The second-order valence-corrected chi connectivity index (χ2v) is 6.96. The number of methoxy groups -OCH3 is 1. The van der Waals surface area contributed by atoms with E-state index in [0.717, 1.165) is 15.8 Å². The number of carbonyl (C=O) groups excluding carboxylic acids is 2. The Morgan fingerprint density at radius 1 is 1.07 bits per heavy atom. The Labute approximate surface area is 170 Å². The van der Waals surface area contributed by atoms with Gasteiger partial charge in [-0.1, -0.05) is 28.1 Å². The van der Waals surface area contributed by atoms with Crippen LogP contribution in [0, 0.1) is 0 Å². The van der Waals surface area contributed by atoms with Gasteiger partial charge in [-0.05, 0) is 36.4 Å². The molecule has 3 rings (SSSR count). The van der Waals surface area contributed by atoms with E-state index < -0.39 is 0 Å². The summed E-state index contributed by atoms with van der Waals surface area (Å²) >= 11 is 3.33. The lowest BCUT2D eigenvalue weighted by Crippen LogP contribution is -2.23. The Balaban J connectivity index is 1.47. The van der Waals surface area contributed by atoms with Crippen molar-refractivity contribution < 1.29 is 14.3 Å². The summed E-state index contributed by atoms with van der Waals surface area (Å²) in [5.74, 6) is 1.55. The second kappa shape index (κ2) is 9.27. The Morgan fingerprint density at radius 2 is 1.79 bits per heavy atom. The first-order valence-electron chi connectivity index (χ1n) is 8.66. The van der Waals surface area contributed by atoms with E-state index in [1.165, 1.54) is 0 Å². The molecule has 0 radical (unpaired) electrons. The zero-order valence-electron chi connectivity index (χ0n) is 15.2. The van der Waals surface area contributed by atoms with Gasteiger partial charge in [0.15, 0.2) is 11.6 Å². The number of nitrogens with zero attached hydrogens (tertiary/aromatic N) is 2. The summed E-state index contributed by atoms with van der Waals surface area (Å²) in [4.78, 5) is 28.5. The topological polar surface area (TPSA) is 97.0 Å². The van der Waals surface area contributed by atoms with Gasteiger partial charge in [0.2, 0.25) is 5.91 Å². The first-order chi connectivity index (χ1) is 13.5. The largest absolute Gasteiger partial charge is 0.497 e. The van der Waals surface area contributed by atoms with Crippen molar-refractivity contribution in [3.63, 3.8) is 0 Å². The van der Waals surface area contributed by atoms with Crippen LogP contribution in [-0.4, -0.2) is 34.0 Å². The summed E-state index contributed by atoms with van der Waals surface area (Å²) in [5.41, 5.74) is 1.44. The van der Waals surface area contributed by atoms with Crippen LogP contribution in [0.25, 0.3) is 11.4 Å². The van der Waals surface area contributed by atoms with E-state index in [9.17, 15) is 9.59 Å². The smallest absolute Gasteiger partial charge is 0.220 e. The average molecular weight is 443 g/mol. The van der Waals surface area contributed by atoms with Crippen molar-refractivity contribution in [3.05, 3.63) is 64.4 Å². The van der Waals surface area contributed by atoms with Crippen molar-refractivity contribution in [1.82, 2.24) is 20.5 Å². The summed E-state index contributed by atoms with van der Waals surface area (Å²) in [6, 6.07) is 14.5. The monoisotopic (exact) mass is 442 g/mol. The Hall–Kier alpha value is -3.00. The number of amides is 1. The number of ketones is 1. The molecule has 1 aromatic heterocycles. The van der Waals surface area contributed by atoms with E-state index >= 15 is 0 Å². The molecule has 0 aliphatic heterocycles. The van der Waals surface area contributed by atoms with E-state index in [-0.39, 0.29) is 31.1 Å².